The molecular formula is C17H12ClFN2O3S2. The smallest absolute Gasteiger partial charge is 0.358 e. The molecule has 3 rings (SSSR count). The standard InChI is InChI=1S/C17H12ClFN2O3S2/c1-9(15(22)20-12-5-4-10(19)7-11(12)18)24-17(23)13-8-26-16(21-13)14-3-2-6-25-14/h2-9H,1H3,(H,20,22)/t9-/m0/s1. The number of hydrogen-bond donors (Lipinski definition) is 1. The van der Waals surface area contributed by atoms with E-state index in [1.165, 1.54) is 41.7 Å². The first-order valence-electron chi connectivity index (χ1n) is 7.40. The minimum absolute atomic E-state index is 0.0527. The average Bonchev–Trinajstić information content (AvgIpc) is 3.28. The number of thiophene rings is 1. The molecule has 0 spiro atoms. The zero-order valence-corrected chi connectivity index (χ0v) is 15.8. The number of carbonyl (C=O) groups is 2. The van der Waals surface area contributed by atoms with E-state index in [4.69, 9.17) is 16.3 Å². The van der Waals surface area contributed by atoms with Gasteiger partial charge in [0.25, 0.3) is 5.91 Å². The Morgan fingerprint density at radius 2 is 2.12 bits per heavy atom. The number of amides is 1. The summed E-state index contributed by atoms with van der Waals surface area (Å²) in [6, 6.07) is 7.38. The molecule has 0 aliphatic carbocycles. The molecule has 0 saturated carbocycles. The van der Waals surface area contributed by atoms with E-state index in [1.54, 1.807) is 5.38 Å². The van der Waals surface area contributed by atoms with E-state index in [1.807, 2.05) is 17.5 Å². The maximum atomic E-state index is 13.0. The molecule has 3 aromatic rings. The van der Waals surface area contributed by atoms with Crippen molar-refractivity contribution in [2.75, 3.05) is 5.32 Å². The topological polar surface area (TPSA) is 68.3 Å². The molecule has 0 bridgehead atoms. The summed E-state index contributed by atoms with van der Waals surface area (Å²) in [4.78, 5) is 29.5. The van der Waals surface area contributed by atoms with E-state index in [0.29, 0.717) is 5.01 Å². The fraction of sp³-hybridized carbons (Fsp3) is 0.118. The Balaban J connectivity index is 1.62. The molecule has 0 radical (unpaired) electrons. The van der Waals surface area contributed by atoms with Gasteiger partial charge in [0, 0.05) is 5.38 Å². The predicted molar refractivity (Wildman–Crippen MR) is 100 cm³/mol. The van der Waals surface area contributed by atoms with Crippen molar-refractivity contribution >= 4 is 51.8 Å². The summed E-state index contributed by atoms with van der Waals surface area (Å²) in [5.74, 6) is -1.80. The zero-order chi connectivity index (χ0) is 18.7. The van der Waals surface area contributed by atoms with Crippen molar-refractivity contribution in [2.45, 2.75) is 13.0 Å². The van der Waals surface area contributed by atoms with Crippen LogP contribution in [0.15, 0.2) is 41.1 Å². The van der Waals surface area contributed by atoms with Gasteiger partial charge in [-0.3, -0.25) is 4.79 Å². The molecule has 0 saturated heterocycles. The van der Waals surface area contributed by atoms with Crippen LogP contribution < -0.4 is 5.32 Å². The predicted octanol–water partition coefficient (Wildman–Crippen LogP) is 4.85. The largest absolute Gasteiger partial charge is 0.448 e. The SMILES string of the molecule is C[C@H](OC(=O)c1csc(-c2cccs2)n1)C(=O)Nc1ccc(F)cc1Cl. The van der Waals surface area contributed by atoms with Crippen LogP contribution in [0.2, 0.25) is 5.02 Å². The highest BCUT2D eigenvalue weighted by molar-refractivity contribution is 7.20. The third kappa shape index (κ3) is 4.27. The monoisotopic (exact) mass is 410 g/mol. The summed E-state index contributed by atoms with van der Waals surface area (Å²) in [6.07, 6.45) is -1.07. The van der Waals surface area contributed by atoms with Gasteiger partial charge in [-0.05, 0) is 36.6 Å². The van der Waals surface area contributed by atoms with Crippen molar-refractivity contribution in [3.8, 4) is 9.88 Å². The second-order valence-electron chi connectivity index (χ2n) is 5.18. The maximum Gasteiger partial charge on any atom is 0.358 e. The minimum Gasteiger partial charge on any atom is -0.448 e. The average molecular weight is 411 g/mol. The number of nitrogens with one attached hydrogen (secondary N) is 1. The van der Waals surface area contributed by atoms with Crippen molar-refractivity contribution in [1.29, 1.82) is 0 Å². The van der Waals surface area contributed by atoms with Gasteiger partial charge in [0.1, 0.15) is 10.8 Å². The van der Waals surface area contributed by atoms with Gasteiger partial charge >= 0.3 is 5.97 Å². The Morgan fingerprint density at radius 3 is 2.81 bits per heavy atom. The summed E-state index contributed by atoms with van der Waals surface area (Å²) in [6.45, 7) is 1.43. The Hall–Kier alpha value is -2.29. The second-order valence-corrected chi connectivity index (χ2v) is 7.39. The Labute approximate surface area is 161 Å². The molecule has 2 heterocycles. The van der Waals surface area contributed by atoms with E-state index in [-0.39, 0.29) is 16.4 Å². The number of carbonyl (C=O) groups excluding carboxylic acids is 2. The number of aromatic nitrogens is 1. The van der Waals surface area contributed by atoms with E-state index in [2.05, 4.69) is 10.3 Å². The molecule has 134 valence electrons. The van der Waals surface area contributed by atoms with Gasteiger partial charge in [0.2, 0.25) is 0 Å². The van der Waals surface area contributed by atoms with Crippen molar-refractivity contribution in [3.63, 3.8) is 0 Å². The highest BCUT2D eigenvalue weighted by Gasteiger charge is 2.22. The van der Waals surface area contributed by atoms with Crippen molar-refractivity contribution in [3.05, 3.63) is 57.6 Å². The molecule has 0 fully saturated rings. The Morgan fingerprint density at radius 1 is 1.31 bits per heavy atom. The zero-order valence-electron chi connectivity index (χ0n) is 13.4. The third-order valence-electron chi connectivity index (χ3n) is 3.29. The van der Waals surface area contributed by atoms with Gasteiger partial charge < -0.3 is 10.1 Å². The highest BCUT2D eigenvalue weighted by Crippen LogP contribution is 2.28. The summed E-state index contributed by atoms with van der Waals surface area (Å²) in [5, 5.41) is 6.75. The van der Waals surface area contributed by atoms with Crippen LogP contribution in [-0.4, -0.2) is 23.0 Å². The first-order valence-corrected chi connectivity index (χ1v) is 9.54. The third-order valence-corrected chi connectivity index (χ3v) is 5.48. The van der Waals surface area contributed by atoms with Gasteiger partial charge in [-0.25, -0.2) is 14.2 Å². The summed E-state index contributed by atoms with van der Waals surface area (Å²) in [7, 11) is 0. The second kappa shape index (κ2) is 7.94. The molecule has 1 atom stereocenters. The molecule has 0 aliphatic heterocycles. The number of hydrogen-bond acceptors (Lipinski definition) is 6. The Bertz CT molecular complexity index is 943. The highest BCUT2D eigenvalue weighted by atomic mass is 35.5. The normalized spacial score (nSPS) is 11.8. The lowest BCUT2D eigenvalue weighted by Crippen LogP contribution is -2.30. The molecule has 5 nitrogen and oxygen atoms in total. The molecule has 0 aliphatic rings. The molecule has 1 N–H and O–H groups in total. The van der Waals surface area contributed by atoms with Crippen LogP contribution in [0, 0.1) is 5.82 Å². The number of esters is 1. The number of benzene rings is 1. The van der Waals surface area contributed by atoms with Crippen LogP contribution in [0.5, 0.6) is 0 Å². The fourth-order valence-corrected chi connectivity index (χ4v) is 3.80. The molecule has 26 heavy (non-hydrogen) atoms. The van der Waals surface area contributed by atoms with Crippen LogP contribution in [0.3, 0.4) is 0 Å². The van der Waals surface area contributed by atoms with Crippen LogP contribution >= 0.6 is 34.3 Å². The maximum absolute atomic E-state index is 13.0. The molecule has 1 amide bonds. The van der Waals surface area contributed by atoms with Gasteiger partial charge in [0.15, 0.2) is 11.8 Å². The van der Waals surface area contributed by atoms with Crippen LogP contribution in [0.4, 0.5) is 10.1 Å². The van der Waals surface area contributed by atoms with Gasteiger partial charge in [-0.2, -0.15) is 0 Å². The van der Waals surface area contributed by atoms with Crippen LogP contribution in [0.25, 0.3) is 9.88 Å². The lowest BCUT2D eigenvalue weighted by Gasteiger charge is -2.13. The molecule has 1 aromatic carbocycles. The molecule has 2 aromatic heterocycles. The first kappa shape index (κ1) is 18.5. The summed E-state index contributed by atoms with van der Waals surface area (Å²) < 4.78 is 18.2. The number of anilines is 1. The molecular weight excluding hydrogens is 399 g/mol. The van der Waals surface area contributed by atoms with Gasteiger partial charge in [-0.1, -0.05) is 17.7 Å². The molecule has 9 heteroatoms. The summed E-state index contributed by atoms with van der Waals surface area (Å²) in [5.41, 5.74) is 0.368. The van der Waals surface area contributed by atoms with E-state index in [0.717, 1.165) is 10.9 Å². The lowest BCUT2D eigenvalue weighted by molar-refractivity contribution is -0.123. The molecule has 0 unspecified atom stereocenters. The number of nitrogens with zero attached hydrogens (tertiary/aromatic N) is 1. The van der Waals surface area contributed by atoms with Crippen LogP contribution in [0.1, 0.15) is 17.4 Å². The van der Waals surface area contributed by atoms with E-state index < -0.39 is 23.8 Å². The minimum atomic E-state index is -1.07. The number of rotatable bonds is 5. The quantitative estimate of drug-likeness (QED) is 0.610. The van der Waals surface area contributed by atoms with Crippen molar-refractivity contribution in [2.24, 2.45) is 0 Å². The van der Waals surface area contributed by atoms with Gasteiger partial charge in [-0.15, -0.1) is 22.7 Å². The number of halogens is 2. The van der Waals surface area contributed by atoms with Gasteiger partial charge in [0.05, 0.1) is 15.6 Å². The Kier molecular flexibility index (Phi) is 5.65. The lowest BCUT2D eigenvalue weighted by atomic mass is 10.3. The van der Waals surface area contributed by atoms with Crippen LogP contribution in [-0.2, 0) is 9.53 Å². The number of thiazole rings is 1. The van der Waals surface area contributed by atoms with E-state index in [9.17, 15) is 14.0 Å². The number of ether oxygens (including phenoxy) is 1. The first-order chi connectivity index (χ1) is 12.4. The van der Waals surface area contributed by atoms with E-state index >= 15 is 0 Å². The summed E-state index contributed by atoms with van der Waals surface area (Å²) >= 11 is 8.70. The van der Waals surface area contributed by atoms with Crippen molar-refractivity contribution < 1.29 is 18.7 Å². The van der Waals surface area contributed by atoms with Crippen molar-refractivity contribution in [1.82, 2.24) is 4.98 Å². The fourth-order valence-electron chi connectivity index (χ4n) is 1.98.